The number of nitrogens with zero attached hydrogens (tertiary/aromatic N) is 4. The van der Waals surface area contributed by atoms with Gasteiger partial charge in [-0.15, -0.1) is 0 Å². The largest absolute Gasteiger partial charge is 0.377 e. The Bertz CT molecular complexity index is 1150. The summed E-state index contributed by atoms with van der Waals surface area (Å²) >= 11 is 0. The number of aryl methyl sites for hydroxylation is 1. The molecule has 0 saturated heterocycles. The Balaban J connectivity index is 1.45. The Labute approximate surface area is 189 Å². The molecule has 2 N–H and O–H groups in total. The van der Waals surface area contributed by atoms with Gasteiger partial charge in [0.2, 0.25) is 16.0 Å². The van der Waals surface area contributed by atoms with Crippen molar-refractivity contribution in [2.45, 2.75) is 57.2 Å². The van der Waals surface area contributed by atoms with Gasteiger partial charge in [0.25, 0.3) is 0 Å². The highest BCUT2D eigenvalue weighted by atomic mass is 32.2. The minimum Gasteiger partial charge on any atom is -0.377 e. The topological polar surface area (TPSA) is 110 Å². The fourth-order valence-corrected chi connectivity index (χ4v) is 4.69. The lowest BCUT2D eigenvalue weighted by Gasteiger charge is -2.18. The van der Waals surface area contributed by atoms with Crippen molar-refractivity contribution in [2.24, 2.45) is 0 Å². The summed E-state index contributed by atoms with van der Waals surface area (Å²) in [5.41, 5.74) is 4.51. The van der Waals surface area contributed by atoms with Crippen molar-refractivity contribution in [1.29, 1.82) is 0 Å². The van der Waals surface area contributed by atoms with E-state index in [9.17, 15) is 8.42 Å². The van der Waals surface area contributed by atoms with E-state index in [4.69, 9.17) is 0 Å². The molecule has 1 unspecified atom stereocenters. The van der Waals surface area contributed by atoms with Gasteiger partial charge in [-0.25, -0.2) is 18.4 Å². The molecule has 3 aromatic rings. The van der Waals surface area contributed by atoms with E-state index in [1.807, 2.05) is 36.7 Å². The summed E-state index contributed by atoms with van der Waals surface area (Å²) in [7, 11) is -3.39. The van der Waals surface area contributed by atoms with E-state index in [0.29, 0.717) is 12.8 Å². The first-order valence-electron chi connectivity index (χ1n) is 11.0. The molecule has 32 heavy (non-hydrogen) atoms. The third-order valence-electron chi connectivity index (χ3n) is 5.37. The van der Waals surface area contributed by atoms with Crippen molar-refractivity contribution >= 4 is 21.7 Å². The molecular formula is C23H28N6O2S. The predicted octanol–water partition coefficient (Wildman–Crippen LogP) is 4.35. The fraction of sp³-hybridized carbons (Fsp3) is 0.391. The molecule has 0 aliphatic heterocycles. The maximum atomic E-state index is 12.2. The van der Waals surface area contributed by atoms with Crippen LogP contribution in [-0.4, -0.2) is 33.6 Å². The normalized spacial score (nSPS) is 14.7. The molecule has 168 valence electrons. The molecule has 0 radical (unpaired) electrons. The number of sulfonamides is 1. The third kappa shape index (κ3) is 5.40. The number of hydrogen-bond donors (Lipinski definition) is 2. The number of rotatable bonds is 10. The molecule has 2 heterocycles. The van der Waals surface area contributed by atoms with E-state index >= 15 is 0 Å². The molecule has 1 aliphatic carbocycles. The molecule has 0 bridgehead atoms. The van der Waals surface area contributed by atoms with Gasteiger partial charge in [0, 0.05) is 23.6 Å². The molecule has 1 aliphatic rings. The highest BCUT2D eigenvalue weighted by Gasteiger charge is 2.36. The maximum Gasteiger partial charge on any atom is 0.237 e. The number of aromatic nitrogens is 4. The number of benzene rings is 1. The maximum absolute atomic E-state index is 12.2. The number of hydrogen-bond acceptors (Lipinski definition) is 7. The Hall–Kier alpha value is -3.07. The van der Waals surface area contributed by atoms with Crippen LogP contribution >= 0.6 is 0 Å². The van der Waals surface area contributed by atoms with Crippen LogP contribution in [0.5, 0.6) is 0 Å². The molecule has 1 atom stereocenters. The summed E-state index contributed by atoms with van der Waals surface area (Å²) in [6.45, 7) is 4.18. The Morgan fingerprint density at radius 2 is 1.81 bits per heavy atom. The summed E-state index contributed by atoms with van der Waals surface area (Å²) in [6.07, 6.45) is 9.38. The quantitative estimate of drug-likeness (QED) is 0.470. The van der Waals surface area contributed by atoms with Gasteiger partial charge in [-0.1, -0.05) is 32.4 Å². The number of nitrogens with one attached hydrogen (secondary N) is 2. The van der Waals surface area contributed by atoms with E-state index in [1.165, 1.54) is 0 Å². The van der Waals surface area contributed by atoms with E-state index in [1.54, 1.807) is 12.3 Å². The molecule has 2 aromatic heterocycles. The van der Waals surface area contributed by atoms with E-state index < -0.39 is 10.0 Å². The lowest BCUT2D eigenvalue weighted by atomic mass is 10.1. The van der Waals surface area contributed by atoms with Crippen molar-refractivity contribution in [3.05, 3.63) is 60.3 Å². The summed E-state index contributed by atoms with van der Waals surface area (Å²) < 4.78 is 26.9. The van der Waals surface area contributed by atoms with Crippen LogP contribution in [0.2, 0.25) is 0 Å². The van der Waals surface area contributed by atoms with Gasteiger partial charge in [-0.05, 0) is 43.9 Å². The molecule has 8 nitrogen and oxygen atoms in total. The van der Waals surface area contributed by atoms with Gasteiger partial charge >= 0.3 is 0 Å². The first-order valence-corrected chi connectivity index (χ1v) is 12.6. The summed E-state index contributed by atoms with van der Waals surface area (Å²) in [6, 6.07) is 9.73. The summed E-state index contributed by atoms with van der Waals surface area (Å²) in [5.74, 6) is 0.120. The first-order chi connectivity index (χ1) is 15.5. The first kappa shape index (κ1) is 22.1. The summed E-state index contributed by atoms with van der Waals surface area (Å²) in [5, 5.41) is 3.15. The smallest absolute Gasteiger partial charge is 0.237 e. The minimum absolute atomic E-state index is 0.0823. The van der Waals surface area contributed by atoms with Crippen molar-refractivity contribution < 1.29 is 8.42 Å². The fourth-order valence-electron chi connectivity index (χ4n) is 3.42. The lowest BCUT2D eigenvalue weighted by Crippen LogP contribution is -2.20. The van der Waals surface area contributed by atoms with Gasteiger partial charge in [-0.3, -0.25) is 14.7 Å². The van der Waals surface area contributed by atoms with Crippen LogP contribution in [0, 0.1) is 0 Å². The number of anilines is 2. The van der Waals surface area contributed by atoms with Crippen LogP contribution in [0.3, 0.4) is 0 Å². The van der Waals surface area contributed by atoms with Crippen molar-refractivity contribution in [3.8, 4) is 11.3 Å². The zero-order valence-electron chi connectivity index (χ0n) is 18.3. The molecular weight excluding hydrogens is 424 g/mol. The molecule has 9 heteroatoms. The highest BCUT2D eigenvalue weighted by molar-refractivity contribution is 7.93. The zero-order chi connectivity index (χ0) is 22.6. The summed E-state index contributed by atoms with van der Waals surface area (Å²) in [4.78, 5) is 17.5. The second-order valence-corrected chi connectivity index (χ2v) is 9.94. The van der Waals surface area contributed by atoms with Crippen molar-refractivity contribution in [2.75, 3.05) is 10.0 Å². The second kappa shape index (κ2) is 9.60. The van der Waals surface area contributed by atoms with Crippen LogP contribution in [0.25, 0.3) is 11.3 Å². The van der Waals surface area contributed by atoms with Gasteiger partial charge in [0.05, 0.1) is 34.6 Å². The molecule has 4 rings (SSSR count). The van der Waals surface area contributed by atoms with Crippen LogP contribution in [0.4, 0.5) is 11.6 Å². The van der Waals surface area contributed by atoms with Crippen LogP contribution in [0.15, 0.2) is 48.9 Å². The molecule has 1 saturated carbocycles. The monoisotopic (exact) mass is 452 g/mol. The van der Waals surface area contributed by atoms with Crippen LogP contribution < -0.4 is 10.0 Å². The van der Waals surface area contributed by atoms with E-state index in [2.05, 4.69) is 43.8 Å². The Morgan fingerprint density at radius 1 is 1.03 bits per heavy atom. The molecule has 1 aromatic carbocycles. The highest BCUT2D eigenvalue weighted by Crippen LogP contribution is 2.29. The van der Waals surface area contributed by atoms with Gasteiger partial charge in [-0.2, -0.15) is 0 Å². The average molecular weight is 453 g/mol. The van der Waals surface area contributed by atoms with Gasteiger partial charge in [0.1, 0.15) is 0 Å². The van der Waals surface area contributed by atoms with Gasteiger partial charge < -0.3 is 5.32 Å². The van der Waals surface area contributed by atoms with Crippen LogP contribution in [-0.2, 0) is 16.4 Å². The molecule has 0 amide bonds. The van der Waals surface area contributed by atoms with Crippen molar-refractivity contribution in [3.63, 3.8) is 0 Å². The van der Waals surface area contributed by atoms with Crippen LogP contribution in [0.1, 0.15) is 57.0 Å². The predicted molar refractivity (Wildman–Crippen MR) is 126 cm³/mol. The van der Waals surface area contributed by atoms with E-state index in [0.717, 1.165) is 47.6 Å². The average Bonchev–Trinajstić information content (AvgIpc) is 3.65. The SMILES string of the molecule is CCCc1cnc(-c2ccc(NC(CC)c3ccnc(NS(=O)(=O)C4CC4)n3)cc2)cn1. The van der Waals surface area contributed by atoms with Gasteiger partial charge in [0.15, 0.2) is 0 Å². The zero-order valence-corrected chi connectivity index (χ0v) is 19.1. The molecule has 1 fully saturated rings. The Morgan fingerprint density at radius 3 is 2.44 bits per heavy atom. The second-order valence-electron chi connectivity index (χ2n) is 7.98. The lowest BCUT2D eigenvalue weighted by molar-refractivity contribution is 0.599. The van der Waals surface area contributed by atoms with E-state index in [-0.39, 0.29) is 17.2 Å². The molecule has 0 spiro atoms. The standard InChI is InChI=1S/C23H28N6O2S/c1-3-5-18-14-26-22(15-25-18)16-6-8-17(9-7-16)27-20(4-2)21-12-13-24-23(28-21)29-32(30,31)19-10-11-19/h6-9,12-15,19-20,27H,3-5,10-11H2,1-2H3,(H,24,28,29). The third-order valence-corrected chi connectivity index (χ3v) is 7.19. The Kier molecular flexibility index (Phi) is 6.64. The van der Waals surface area contributed by atoms with Crippen molar-refractivity contribution in [1.82, 2.24) is 19.9 Å². The minimum atomic E-state index is -3.39.